The summed E-state index contributed by atoms with van der Waals surface area (Å²) in [6.07, 6.45) is -4.99. The molecule has 1 unspecified atom stereocenters. The molecular formula is C12H13F4O5Sg-. The molecule has 0 spiro atoms. The Bertz CT molecular complexity index is 416. The Balaban J connectivity index is 0.00000441. The first-order chi connectivity index (χ1) is 9.72. The van der Waals surface area contributed by atoms with E-state index in [1.807, 2.05) is 0 Å². The minimum atomic E-state index is -4.22. The van der Waals surface area contributed by atoms with Crippen molar-refractivity contribution in [1.29, 1.82) is 0 Å². The predicted octanol–water partition coefficient (Wildman–Crippen LogP) is 1.87. The number of ether oxygens (including phenoxy) is 3. The molecule has 0 aliphatic carbocycles. The van der Waals surface area contributed by atoms with Crippen LogP contribution in [0.1, 0.15) is 12.8 Å². The van der Waals surface area contributed by atoms with Crippen molar-refractivity contribution in [3.63, 3.8) is 0 Å². The van der Waals surface area contributed by atoms with Crippen LogP contribution in [-0.2, 0) is 23.8 Å². The Hall–Kier alpha value is -2.64. The summed E-state index contributed by atoms with van der Waals surface area (Å²) < 4.78 is 62.6. The van der Waals surface area contributed by atoms with Crippen LogP contribution < -0.4 is 0 Å². The fourth-order valence-electron chi connectivity index (χ4n) is 1.35. The molecule has 0 aromatic rings. The van der Waals surface area contributed by atoms with Crippen molar-refractivity contribution in [3.8, 4) is 0 Å². The zero-order valence-electron chi connectivity index (χ0n) is 11.6. The van der Waals surface area contributed by atoms with E-state index in [2.05, 4.69) is 16.1 Å². The minimum Gasteiger partial charge on any atom is -0.462 e. The van der Waals surface area contributed by atoms with Crippen LogP contribution in [0.3, 0.4) is 0 Å². The quantitative estimate of drug-likeness (QED) is 0.144. The van der Waals surface area contributed by atoms with Crippen LogP contribution in [0.15, 0.2) is 12.2 Å². The minimum absolute atomic E-state index is 0. The number of hydrogen-bond acceptors (Lipinski definition) is 5. The summed E-state index contributed by atoms with van der Waals surface area (Å²) in [5.74, 6) is -5.58. The second-order valence-corrected chi connectivity index (χ2v) is 4.29. The number of cyclic esters (lactones) is 1. The van der Waals surface area contributed by atoms with Gasteiger partial charge < -0.3 is 23.0 Å². The Morgan fingerprint density at radius 3 is 2.59 bits per heavy atom. The third-order valence-electron chi connectivity index (χ3n) is 2.50. The van der Waals surface area contributed by atoms with Gasteiger partial charge in [0.15, 0.2) is 5.92 Å². The van der Waals surface area contributed by atoms with E-state index in [0.717, 1.165) is 0 Å². The van der Waals surface area contributed by atoms with E-state index in [4.69, 9.17) is 4.74 Å². The van der Waals surface area contributed by atoms with E-state index >= 15 is 0 Å². The van der Waals surface area contributed by atoms with Gasteiger partial charge in [-0.2, -0.15) is 0 Å². The van der Waals surface area contributed by atoms with E-state index in [-0.39, 0.29) is 18.6 Å². The van der Waals surface area contributed by atoms with Gasteiger partial charge in [-0.3, -0.25) is 4.79 Å². The standard InChI is InChI=1S/C12H13F4O5.Sg/c1-7(5-19-3-2-12(15,16)11(13)14)10(18)21-8-4-9(17)20-6-8;/h8H,1-6H2;/q-1;. The van der Waals surface area contributed by atoms with Gasteiger partial charge in [0.2, 0.25) is 0 Å². The fraction of sp³-hybridized carbons (Fsp3) is 0.583. The summed E-state index contributed by atoms with van der Waals surface area (Å²) in [7, 11) is 0. The van der Waals surface area contributed by atoms with Crippen molar-refractivity contribution >= 4 is 11.9 Å². The van der Waals surface area contributed by atoms with Crippen molar-refractivity contribution in [2.24, 2.45) is 0 Å². The van der Waals surface area contributed by atoms with E-state index < -0.39 is 50.0 Å². The normalized spacial score (nSPS) is 17.9. The van der Waals surface area contributed by atoms with Crippen molar-refractivity contribution in [3.05, 3.63) is 18.6 Å². The maximum Gasteiger partial charge on any atom is 0.336 e. The molecule has 0 bridgehead atoms. The van der Waals surface area contributed by atoms with E-state index in [1.54, 1.807) is 0 Å². The summed E-state index contributed by atoms with van der Waals surface area (Å²) >= 11 is 0. The van der Waals surface area contributed by atoms with E-state index in [9.17, 15) is 27.2 Å². The van der Waals surface area contributed by atoms with Crippen molar-refractivity contribution in [2.75, 3.05) is 19.8 Å². The smallest absolute Gasteiger partial charge is 0.336 e. The van der Waals surface area contributed by atoms with Crippen LogP contribution in [0.25, 0.3) is 0 Å². The van der Waals surface area contributed by atoms with Crippen LogP contribution in [0, 0.1) is 6.43 Å². The molecule has 10 heteroatoms. The van der Waals surface area contributed by atoms with Crippen LogP contribution in [0.2, 0.25) is 0 Å². The van der Waals surface area contributed by atoms with Gasteiger partial charge >= 0.3 is 11.9 Å². The van der Waals surface area contributed by atoms with Gasteiger partial charge in [0.05, 0.1) is 31.6 Å². The maximum atomic E-state index is 12.5. The van der Waals surface area contributed by atoms with Crippen LogP contribution in [0.5, 0.6) is 0 Å². The number of hydrogen-bond donors (Lipinski definition) is 0. The van der Waals surface area contributed by atoms with E-state index in [0.29, 0.717) is 0 Å². The molecular weight excluding hydrogens is 569 g/mol. The monoisotopic (exact) mass is 584 g/mol. The maximum absolute atomic E-state index is 12.5. The SMILES string of the molecule is C=C(COCCC(F)(F)[C-](F)F)C(=O)OC1COC(=O)C1.[Sg]. The molecule has 5 nitrogen and oxygen atoms in total. The number of halogens is 4. The fourth-order valence-corrected chi connectivity index (χ4v) is 1.35. The Morgan fingerprint density at radius 2 is 2.09 bits per heavy atom. The van der Waals surface area contributed by atoms with Crippen LogP contribution in [0.4, 0.5) is 17.6 Å². The van der Waals surface area contributed by atoms with Crippen molar-refractivity contribution in [2.45, 2.75) is 24.9 Å². The molecule has 0 radical (unpaired) electrons. The van der Waals surface area contributed by atoms with Crippen molar-refractivity contribution in [1.82, 2.24) is 0 Å². The second-order valence-electron chi connectivity index (χ2n) is 4.29. The second kappa shape index (κ2) is 7.96. The van der Waals surface area contributed by atoms with Gasteiger partial charge in [0.25, 0.3) is 0 Å². The van der Waals surface area contributed by atoms with Crippen LogP contribution >= 0.6 is 0 Å². The molecule has 0 amide bonds. The van der Waals surface area contributed by atoms with Gasteiger partial charge in [-0.15, -0.1) is 0 Å². The zero-order valence-corrected chi connectivity index (χ0v) is 18.0. The molecule has 1 heterocycles. The summed E-state index contributed by atoms with van der Waals surface area (Å²) in [5, 5.41) is 0. The summed E-state index contributed by atoms with van der Waals surface area (Å²) in [6, 6.07) is 0. The molecule has 22 heavy (non-hydrogen) atoms. The topological polar surface area (TPSA) is 61.8 Å². The third-order valence-corrected chi connectivity index (χ3v) is 2.50. The average Bonchev–Trinajstić information content (AvgIpc) is 2.79. The number of rotatable bonds is 8. The molecule has 0 N–H and O–H groups in total. The molecule has 1 aliphatic rings. The average molecular weight is 582 g/mol. The van der Waals surface area contributed by atoms with Crippen molar-refractivity contribution < 1.29 is 41.4 Å². The van der Waals surface area contributed by atoms with Gasteiger partial charge in [0.1, 0.15) is 12.7 Å². The first-order valence-electron chi connectivity index (χ1n) is 5.90. The predicted molar refractivity (Wildman–Crippen MR) is 60.4 cm³/mol. The van der Waals surface area contributed by atoms with Gasteiger partial charge in [-0.05, 0) is 0 Å². The molecule has 1 rings (SSSR count). The largest absolute Gasteiger partial charge is 0.462 e. The first-order valence-corrected chi connectivity index (χ1v) is 5.90. The molecule has 0 aromatic heterocycles. The van der Waals surface area contributed by atoms with E-state index in [1.165, 1.54) is 0 Å². The van der Waals surface area contributed by atoms with Gasteiger partial charge in [-0.1, -0.05) is 6.58 Å². The van der Waals surface area contributed by atoms with Crippen LogP contribution in [-0.4, -0.2) is 43.8 Å². The molecule has 122 valence electrons. The molecule has 1 fully saturated rings. The number of carbonyl (C=O) groups excluding carboxylic acids is 2. The third kappa shape index (κ3) is 5.78. The number of carbonyl (C=O) groups is 2. The summed E-state index contributed by atoms with van der Waals surface area (Å²) in [4.78, 5) is 22.2. The van der Waals surface area contributed by atoms with Gasteiger partial charge in [-0.25, -0.2) is 13.6 Å². The Morgan fingerprint density at radius 1 is 1.45 bits per heavy atom. The summed E-state index contributed by atoms with van der Waals surface area (Å²) in [5.41, 5.74) is -0.178. The molecule has 0 aromatic carbocycles. The molecule has 1 aliphatic heterocycles. The molecule has 1 atom stereocenters. The first kappa shape index (κ1) is 19.4. The Kier molecular flexibility index (Phi) is 7.01. The molecule has 1 saturated heterocycles. The van der Waals surface area contributed by atoms with Gasteiger partial charge in [0, 0.05) is 6.42 Å². The number of esters is 2. The summed E-state index contributed by atoms with van der Waals surface area (Å²) in [6.45, 7) is 2.14. The zero-order chi connectivity index (χ0) is 16.0. The molecule has 0 saturated carbocycles. The Labute approximate surface area is 117 Å². The number of alkyl halides is 2.